The van der Waals surface area contributed by atoms with Crippen LogP contribution in [0.4, 0.5) is 0 Å². The van der Waals surface area contributed by atoms with Crippen LogP contribution in [0.5, 0.6) is 0 Å². The van der Waals surface area contributed by atoms with Gasteiger partial charge in [0.1, 0.15) is 0 Å². The zero-order valence-electron chi connectivity index (χ0n) is 15.8. The third-order valence-corrected chi connectivity index (χ3v) is 7.51. The summed E-state index contributed by atoms with van der Waals surface area (Å²) in [6, 6.07) is 0.871. The van der Waals surface area contributed by atoms with Gasteiger partial charge in [-0.15, -0.1) is 24.0 Å². The molecule has 3 atom stereocenters. The van der Waals surface area contributed by atoms with Crippen LogP contribution in [-0.2, 0) is 14.6 Å². The fourth-order valence-corrected chi connectivity index (χ4v) is 6.01. The molecule has 0 aromatic heterocycles. The third-order valence-electron chi connectivity index (χ3n) is 5.67. The molecule has 152 valence electrons. The molecule has 3 aliphatic rings. The van der Waals surface area contributed by atoms with E-state index in [1.165, 1.54) is 25.7 Å². The minimum absolute atomic E-state index is 0. The van der Waals surface area contributed by atoms with Crippen LogP contribution in [0.2, 0.25) is 0 Å². The monoisotopic (exact) mass is 499 g/mol. The van der Waals surface area contributed by atoms with Crippen molar-refractivity contribution in [3.8, 4) is 0 Å². The molecule has 2 aliphatic heterocycles. The van der Waals surface area contributed by atoms with Crippen LogP contribution in [0.1, 0.15) is 51.9 Å². The van der Waals surface area contributed by atoms with Crippen molar-refractivity contribution < 1.29 is 13.2 Å². The molecule has 3 fully saturated rings. The zero-order valence-corrected chi connectivity index (χ0v) is 18.9. The Morgan fingerprint density at radius 1 is 1.08 bits per heavy atom. The van der Waals surface area contributed by atoms with Gasteiger partial charge in [-0.2, -0.15) is 0 Å². The Labute approximate surface area is 175 Å². The Kier molecular flexibility index (Phi) is 8.93. The molecule has 2 saturated heterocycles. The molecule has 0 aromatic rings. The number of guanidine groups is 1. The SMILES string of the molecule is CC1CCCC(NC(=NCC2CCS(=O)(=O)C2)NC2CCOCC2)C1.I. The van der Waals surface area contributed by atoms with Gasteiger partial charge in [-0.05, 0) is 43.9 Å². The Hall–Kier alpha value is -0.0900. The highest BCUT2D eigenvalue weighted by atomic mass is 127. The van der Waals surface area contributed by atoms with E-state index >= 15 is 0 Å². The smallest absolute Gasteiger partial charge is 0.191 e. The van der Waals surface area contributed by atoms with Crippen LogP contribution in [0.3, 0.4) is 0 Å². The molecule has 0 spiro atoms. The van der Waals surface area contributed by atoms with Crippen molar-refractivity contribution in [2.75, 3.05) is 31.3 Å². The van der Waals surface area contributed by atoms with Gasteiger partial charge in [0.2, 0.25) is 0 Å². The van der Waals surface area contributed by atoms with Crippen LogP contribution in [-0.4, -0.2) is 57.7 Å². The summed E-state index contributed by atoms with van der Waals surface area (Å²) in [5.41, 5.74) is 0. The van der Waals surface area contributed by atoms with E-state index in [4.69, 9.17) is 9.73 Å². The molecule has 0 amide bonds. The fraction of sp³-hybridized carbons (Fsp3) is 0.944. The summed E-state index contributed by atoms with van der Waals surface area (Å²) in [5.74, 6) is 2.42. The van der Waals surface area contributed by atoms with Crippen LogP contribution in [0, 0.1) is 11.8 Å². The second-order valence-corrected chi connectivity index (χ2v) is 10.3. The largest absolute Gasteiger partial charge is 0.381 e. The first-order valence-electron chi connectivity index (χ1n) is 9.86. The molecule has 26 heavy (non-hydrogen) atoms. The Morgan fingerprint density at radius 2 is 1.81 bits per heavy atom. The molecule has 6 nitrogen and oxygen atoms in total. The number of hydrogen-bond acceptors (Lipinski definition) is 4. The van der Waals surface area contributed by atoms with Crippen LogP contribution in [0.15, 0.2) is 4.99 Å². The number of halogens is 1. The van der Waals surface area contributed by atoms with E-state index in [0.717, 1.165) is 44.4 Å². The standard InChI is InChI=1S/C18H33N3O3S.HI/c1-14-3-2-4-17(11-14)21-18(20-16-5-8-24-9-6-16)19-12-15-7-10-25(22,23)13-15;/h14-17H,2-13H2,1H3,(H2,19,20,21);1H. The molecule has 2 N–H and O–H groups in total. The van der Waals surface area contributed by atoms with Gasteiger partial charge in [-0.25, -0.2) is 8.42 Å². The van der Waals surface area contributed by atoms with Crippen LogP contribution >= 0.6 is 24.0 Å². The maximum absolute atomic E-state index is 11.7. The van der Waals surface area contributed by atoms with E-state index in [1.54, 1.807) is 0 Å². The summed E-state index contributed by atoms with van der Waals surface area (Å²) in [5, 5.41) is 7.20. The van der Waals surface area contributed by atoms with Gasteiger partial charge < -0.3 is 15.4 Å². The van der Waals surface area contributed by atoms with Crippen molar-refractivity contribution in [2.24, 2.45) is 16.8 Å². The second-order valence-electron chi connectivity index (χ2n) is 8.10. The number of sulfone groups is 1. The number of nitrogens with one attached hydrogen (secondary N) is 2. The van der Waals surface area contributed by atoms with Crippen molar-refractivity contribution in [3.05, 3.63) is 0 Å². The van der Waals surface area contributed by atoms with Crippen molar-refractivity contribution in [1.29, 1.82) is 0 Å². The molecule has 3 rings (SSSR count). The first kappa shape index (κ1) is 22.2. The van der Waals surface area contributed by atoms with Gasteiger partial charge in [0.15, 0.2) is 15.8 Å². The van der Waals surface area contributed by atoms with Gasteiger partial charge in [0, 0.05) is 31.8 Å². The second kappa shape index (κ2) is 10.5. The Bertz CT molecular complexity index is 564. The molecule has 2 heterocycles. The van der Waals surface area contributed by atoms with E-state index in [9.17, 15) is 8.42 Å². The normalized spacial score (nSPS) is 32.7. The lowest BCUT2D eigenvalue weighted by Crippen LogP contribution is -2.50. The van der Waals surface area contributed by atoms with Gasteiger partial charge >= 0.3 is 0 Å². The minimum atomic E-state index is -2.83. The topological polar surface area (TPSA) is 79.8 Å². The number of aliphatic imine (C=N–C) groups is 1. The molecule has 1 saturated carbocycles. The summed E-state index contributed by atoms with van der Waals surface area (Å²) in [4.78, 5) is 4.77. The average Bonchev–Trinajstić information content (AvgIpc) is 2.93. The number of hydrogen-bond donors (Lipinski definition) is 2. The molecule has 8 heteroatoms. The summed E-state index contributed by atoms with van der Waals surface area (Å²) in [6.45, 7) is 4.51. The average molecular weight is 499 g/mol. The van der Waals surface area contributed by atoms with Crippen molar-refractivity contribution in [3.63, 3.8) is 0 Å². The molecular formula is C18H34IN3O3S. The van der Waals surface area contributed by atoms with E-state index in [1.807, 2.05) is 0 Å². The first-order valence-corrected chi connectivity index (χ1v) is 11.7. The highest BCUT2D eigenvalue weighted by Crippen LogP contribution is 2.23. The lowest BCUT2D eigenvalue weighted by atomic mass is 9.87. The van der Waals surface area contributed by atoms with Gasteiger partial charge in [0.25, 0.3) is 0 Å². The number of rotatable bonds is 4. The lowest BCUT2D eigenvalue weighted by Gasteiger charge is -2.31. The van der Waals surface area contributed by atoms with Gasteiger partial charge in [0.05, 0.1) is 11.5 Å². The maximum atomic E-state index is 11.7. The highest BCUT2D eigenvalue weighted by molar-refractivity contribution is 14.0. The van der Waals surface area contributed by atoms with E-state index in [0.29, 0.717) is 30.1 Å². The summed E-state index contributed by atoms with van der Waals surface area (Å²) in [6.07, 6.45) is 7.71. The maximum Gasteiger partial charge on any atom is 0.191 e. The minimum Gasteiger partial charge on any atom is -0.381 e. The highest BCUT2D eigenvalue weighted by Gasteiger charge is 2.28. The molecule has 0 bridgehead atoms. The quantitative estimate of drug-likeness (QED) is 0.353. The predicted molar refractivity (Wildman–Crippen MR) is 116 cm³/mol. The van der Waals surface area contributed by atoms with Crippen LogP contribution < -0.4 is 10.6 Å². The van der Waals surface area contributed by atoms with E-state index in [-0.39, 0.29) is 29.9 Å². The predicted octanol–water partition coefficient (Wildman–Crippen LogP) is 2.33. The number of ether oxygens (including phenoxy) is 1. The number of nitrogens with zero attached hydrogens (tertiary/aromatic N) is 1. The summed E-state index contributed by atoms with van der Waals surface area (Å²) < 4.78 is 28.8. The Balaban J connectivity index is 0.00000243. The molecular weight excluding hydrogens is 465 g/mol. The van der Waals surface area contributed by atoms with Gasteiger partial charge in [-0.3, -0.25) is 4.99 Å². The first-order chi connectivity index (χ1) is 12.0. The van der Waals surface area contributed by atoms with Gasteiger partial charge in [-0.1, -0.05) is 19.8 Å². The van der Waals surface area contributed by atoms with E-state index < -0.39 is 9.84 Å². The summed E-state index contributed by atoms with van der Waals surface area (Å²) in [7, 11) is -2.83. The zero-order chi connectivity index (χ0) is 17.7. The van der Waals surface area contributed by atoms with Crippen molar-refractivity contribution in [1.82, 2.24) is 10.6 Å². The van der Waals surface area contributed by atoms with Crippen molar-refractivity contribution in [2.45, 2.75) is 64.0 Å². The molecule has 3 unspecified atom stereocenters. The lowest BCUT2D eigenvalue weighted by molar-refractivity contribution is 0.0821. The molecule has 1 aliphatic carbocycles. The molecule has 0 aromatic carbocycles. The fourth-order valence-electron chi connectivity index (χ4n) is 4.16. The van der Waals surface area contributed by atoms with Crippen LogP contribution in [0.25, 0.3) is 0 Å². The van der Waals surface area contributed by atoms with Crippen molar-refractivity contribution >= 4 is 39.8 Å². The molecule has 0 radical (unpaired) electrons. The Morgan fingerprint density at radius 3 is 2.46 bits per heavy atom. The summed E-state index contributed by atoms with van der Waals surface area (Å²) >= 11 is 0. The third kappa shape index (κ3) is 7.14. The van der Waals surface area contributed by atoms with E-state index in [2.05, 4.69) is 17.6 Å².